The molecular formula is C16H33N. The summed E-state index contributed by atoms with van der Waals surface area (Å²) in [4.78, 5) is 2.78. The van der Waals surface area contributed by atoms with Gasteiger partial charge in [0.25, 0.3) is 0 Å². The Morgan fingerprint density at radius 1 is 0.941 bits per heavy atom. The van der Waals surface area contributed by atoms with Crippen LogP contribution in [0, 0.1) is 5.92 Å². The molecule has 17 heavy (non-hydrogen) atoms. The second kappa shape index (κ2) is 8.97. The van der Waals surface area contributed by atoms with Crippen molar-refractivity contribution in [3.8, 4) is 0 Å². The van der Waals surface area contributed by atoms with Crippen LogP contribution in [0.3, 0.4) is 0 Å². The largest absolute Gasteiger partial charge is 0.300 e. The zero-order valence-corrected chi connectivity index (χ0v) is 12.4. The van der Waals surface area contributed by atoms with E-state index in [9.17, 15) is 0 Å². The third-order valence-corrected chi connectivity index (χ3v) is 4.38. The van der Waals surface area contributed by atoms with Crippen molar-refractivity contribution < 1.29 is 0 Å². The summed E-state index contributed by atoms with van der Waals surface area (Å²) in [6, 6.07) is 0.857. The first-order valence-electron chi connectivity index (χ1n) is 8.02. The summed E-state index contributed by atoms with van der Waals surface area (Å²) < 4.78 is 0. The Hall–Kier alpha value is -0.0400. The highest BCUT2D eigenvalue weighted by Crippen LogP contribution is 2.22. The molecule has 0 aromatic heterocycles. The van der Waals surface area contributed by atoms with E-state index in [4.69, 9.17) is 0 Å². The van der Waals surface area contributed by atoms with Crippen molar-refractivity contribution in [2.75, 3.05) is 13.1 Å². The monoisotopic (exact) mass is 239 g/mol. The Morgan fingerprint density at radius 2 is 1.71 bits per heavy atom. The summed E-state index contributed by atoms with van der Waals surface area (Å²) in [5.41, 5.74) is 0. The van der Waals surface area contributed by atoms with Gasteiger partial charge in [0.15, 0.2) is 0 Å². The fraction of sp³-hybridized carbons (Fsp3) is 1.00. The van der Waals surface area contributed by atoms with E-state index < -0.39 is 0 Å². The van der Waals surface area contributed by atoms with E-state index in [2.05, 4.69) is 25.7 Å². The van der Waals surface area contributed by atoms with Gasteiger partial charge in [0, 0.05) is 6.04 Å². The summed E-state index contributed by atoms with van der Waals surface area (Å²) in [6.07, 6.45) is 12.8. The Balaban J connectivity index is 2.52. The van der Waals surface area contributed by atoms with Gasteiger partial charge in [-0.25, -0.2) is 0 Å². The standard InChI is InChI=1S/C16H33N/c1-4-13-17-14-9-7-6-8-10-15(3)11-12-16(17)5-2/h15-16H,4-14H2,1-3H3. The Labute approximate surface area is 109 Å². The van der Waals surface area contributed by atoms with Gasteiger partial charge in [0.1, 0.15) is 0 Å². The molecule has 0 aromatic rings. The van der Waals surface area contributed by atoms with Crippen molar-refractivity contribution in [1.82, 2.24) is 4.90 Å². The summed E-state index contributed by atoms with van der Waals surface area (Å²) in [6.45, 7) is 9.81. The van der Waals surface area contributed by atoms with Crippen molar-refractivity contribution in [3.05, 3.63) is 0 Å². The van der Waals surface area contributed by atoms with Crippen molar-refractivity contribution in [3.63, 3.8) is 0 Å². The summed E-state index contributed by atoms with van der Waals surface area (Å²) >= 11 is 0. The Morgan fingerprint density at radius 3 is 2.41 bits per heavy atom. The maximum Gasteiger partial charge on any atom is 0.00927 e. The second-order valence-electron chi connectivity index (χ2n) is 5.98. The van der Waals surface area contributed by atoms with Gasteiger partial charge in [-0.05, 0) is 51.1 Å². The molecule has 0 saturated carbocycles. The minimum atomic E-state index is 0.857. The average Bonchev–Trinajstić information content (AvgIpc) is 2.36. The highest BCUT2D eigenvalue weighted by molar-refractivity contribution is 4.72. The highest BCUT2D eigenvalue weighted by atomic mass is 15.1. The SMILES string of the molecule is CCCN1CCCCCCC(C)CCC1CC. The molecule has 1 nitrogen and oxygen atoms in total. The first kappa shape index (κ1) is 15.0. The topological polar surface area (TPSA) is 3.24 Å². The van der Waals surface area contributed by atoms with Crippen molar-refractivity contribution >= 4 is 0 Å². The molecule has 0 N–H and O–H groups in total. The van der Waals surface area contributed by atoms with Gasteiger partial charge in [-0.2, -0.15) is 0 Å². The third kappa shape index (κ3) is 5.90. The van der Waals surface area contributed by atoms with Crippen molar-refractivity contribution in [1.29, 1.82) is 0 Å². The minimum absolute atomic E-state index is 0.857. The van der Waals surface area contributed by atoms with Gasteiger partial charge in [-0.3, -0.25) is 0 Å². The lowest BCUT2D eigenvalue weighted by molar-refractivity contribution is 0.172. The molecule has 1 aliphatic rings. The molecule has 102 valence electrons. The van der Waals surface area contributed by atoms with E-state index in [1.165, 1.54) is 70.9 Å². The van der Waals surface area contributed by atoms with E-state index in [0.29, 0.717) is 0 Å². The third-order valence-electron chi connectivity index (χ3n) is 4.38. The quantitative estimate of drug-likeness (QED) is 0.680. The number of hydrogen-bond acceptors (Lipinski definition) is 1. The van der Waals surface area contributed by atoms with Crippen LogP contribution in [-0.4, -0.2) is 24.0 Å². The Bertz CT molecular complexity index is 178. The molecule has 1 saturated heterocycles. The number of nitrogens with zero attached hydrogens (tertiary/aromatic N) is 1. The molecule has 1 rings (SSSR count). The van der Waals surface area contributed by atoms with E-state index in [1.54, 1.807) is 0 Å². The summed E-state index contributed by atoms with van der Waals surface area (Å²) in [5, 5.41) is 0. The van der Waals surface area contributed by atoms with Gasteiger partial charge < -0.3 is 4.90 Å². The Kier molecular flexibility index (Phi) is 7.92. The molecule has 1 aliphatic heterocycles. The predicted molar refractivity (Wildman–Crippen MR) is 77.4 cm³/mol. The molecule has 0 aliphatic carbocycles. The second-order valence-corrected chi connectivity index (χ2v) is 5.98. The van der Waals surface area contributed by atoms with Crippen LogP contribution in [0.2, 0.25) is 0 Å². The van der Waals surface area contributed by atoms with Crippen molar-refractivity contribution in [2.45, 2.75) is 84.6 Å². The molecule has 1 fully saturated rings. The maximum absolute atomic E-state index is 2.78. The lowest BCUT2D eigenvalue weighted by Crippen LogP contribution is -2.36. The van der Waals surface area contributed by atoms with Gasteiger partial charge >= 0.3 is 0 Å². The van der Waals surface area contributed by atoms with Crippen LogP contribution in [-0.2, 0) is 0 Å². The van der Waals surface area contributed by atoms with Crippen molar-refractivity contribution in [2.24, 2.45) is 5.92 Å². The first-order valence-corrected chi connectivity index (χ1v) is 8.02. The predicted octanol–water partition coefficient (Wildman–Crippen LogP) is 4.86. The van der Waals surface area contributed by atoms with E-state index in [0.717, 1.165) is 12.0 Å². The van der Waals surface area contributed by atoms with E-state index in [1.807, 2.05) is 0 Å². The highest BCUT2D eigenvalue weighted by Gasteiger charge is 2.17. The molecule has 1 heteroatoms. The minimum Gasteiger partial charge on any atom is -0.300 e. The van der Waals surface area contributed by atoms with Gasteiger partial charge in [0.2, 0.25) is 0 Å². The lowest BCUT2D eigenvalue weighted by Gasteiger charge is -2.31. The van der Waals surface area contributed by atoms with Gasteiger partial charge in [0.05, 0.1) is 0 Å². The molecule has 2 atom stereocenters. The number of rotatable bonds is 3. The average molecular weight is 239 g/mol. The van der Waals surface area contributed by atoms with E-state index in [-0.39, 0.29) is 0 Å². The van der Waals surface area contributed by atoms with Crippen LogP contribution in [0.15, 0.2) is 0 Å². The maximum atomic E-state index is 2.78. The zero-order chi connectivity index (χ0) is 12.5. The molecule has 0 bridgehead atoms. The van der Waals surface area contributed by atoms with Gasteiger partial charge in [-0.15, -0.1) is 0 Å². The lowest BCUT2D eigenvalue weighted by atomic mass is 9.95. The summed E-state index contributed by atoms with van der Waals surface area (Å²) in [5.74, 6) is 0.950. The molecule has 0 aromatic carbocycles. The van der Waals surface area contributed by atoms with Crippen LogP contribution >= 0.6 is 0 Å². The number of hydrogen-bond donors (Lipinski definition) is 0. The normalized spacial score (nSPS) is 29.8. The molecule has 0 spiro atoms. The van der Waals surface area contributed by atoms with Crippen LogP contribution in [0.4, 0.5) is 0 Å². The fourth-order valence-electron chi connectivity index (χ4n) is 3.19. The molecule has 0 amide bonds. The van der Waals surface area contributed by atoms with Crippen LogP contribution in [0.1, 0.15) is 78.6 Å². The van der Waals surface area contributed by atoms with Crippen LogP contribution < -0.4 is 0 Å². The van der Waals surface area contributed by atoms with Gasteiger partial charge in [-0.1, -0.05) is 46.5 Å². The molecule has 0 radical (unpaired) electrons. The van der Waals surface area contributed by atoms with Crippen LogP contribution in [0.5, 0.6) is 0 Å². The molecule has 2 unspecified atom stereocenters. The zero-order valence-electron chi connectivity index (χ0n) is 12.4. The van der Waals surface area contributed by atoms with E-state index >= 15 is 0 Å². The molecule has 1 heterocycles. The smallest absolute Gasteiger partial charge is 0.00927 e. The fourth-order valence-corrected chi connectivity index (χ4v) is 3.19. The first-order chi connectivity index (χ1) is 8.27. The molecular weight excluding hydrogens is 206 g/mol. The van der Waals surface area contributed by atoms with Crippen LogP contribution in [0.25, 0.3) is 0 Å². The summed E-state index contributed by atoms with van der Waals surface area (Å²) in [7, 11) is 0.